The van der Waals surface area contributed by atoms with Gasteiger partial charge in [0.2, 0.25) is 5.91 Å². The minimum absolute atomic E-state index is 0.0931. The lowest BCUT2D eigenvalue weighted by molar-refractivity contribution is -0.295. The summed E-state index contributed by atoms with van der Waals surface area (Å²) in [4.78, 5) is 62.7. The van der Waals surface area contributed by atoms with Gasteiger partial charge in [-0.1, -0.05) is 51.1 Å². The average Bonchev–Trinajstić information content (AvgIpc) is 3.78. The number of aromatic nitrogens is 2. The summed E-state index contributed by atoms with van der Waals surface area (Å²) in [5, 5.41) is 15.9. The smallest absolute Gasteiger partial charge is 0.425 e. The Hall–Kier alpha value is -3.93. The molecule has 0 aliphatic carbocycles. The maximum Gasteiger partial charge on any atom is 0.425 e. The van der Waals surface area contributed by atoms with Gasteiger partial charge in [0.05, 0.1) is 35.9 Å². The van der Waals surface area contributed by atoms with E-state index < -0.39 is 83.5 Å². The molecule has 3 aliphatic rings. The molecule has 1 unspecified atom stereocenters. The molecule has 4 heterocycles. The van der Waals surface area contributed by atoms with Crippen molar-refractivity contribution < 1.29 is 48.0 Å². The first-order chi connectivity index (χ1) is 27.8. The number of Topliss-reactive ketones (excluding diaryl/α,β-unsaturated/α-hetero) is 1. The van der Waals surface area contributed by atoms with Gasteiger partial charge in [-0.2, -0.15) is 0 Å². The molecule has 3 fully saturated rings. The summed E-state index contributed by atoms with van der Waals surface area (Å²) < 4.78 is 33.0. The molecule has 1 aromatic carbocycles. The Balaban J connectivity index is 1.41. The van der Waals surface area contributed by atoms with Crippen LogP contribution in [0.1, 0.15) is 81.1 Å². The van der Waals surface area contributed by atoms with Crippen LogP contribution >= 0.6 is 0 Å². The number of ketones is 1. The molecule has 0 spiro atoms. The van der Waals surface area contributed by atoms with Crippen LogP contribution in [0.3, 0.4) is 0 Å². The van der Waals surface area contributed by atoms with Gasteiger partial charge in [-0.05, 0) is 74.4 Å². The van der Waals surface area contributed by atoms with Gasteiger partial charge in [-0.25, -0.2) is 20.2 Å². The van der Waals surface area contributed by atoms with Crippen molar-refractivity contribution in [2.24, 2.45) is 17.8 Å². The van der Waals surface area contributed by atoms with Gasteiger partial charge in [0.25, 0.3) is 0 Å². The van der Waals surface area contributed by atoms with Crippen LogP contribution in [-0.4, -0.2) is 136 Å². The summed E-state index contributed by atoms with van der Waals surface area (Å²) in [7, 11) is 5.21. The van der Waals surface area contributed by atoms with E-state index in [-0.39, 0.29) is 30.9 Å². The molecule has 2 aromatic rings. The zero-order valence-electron chi connectivity index (χ0n) is 36.5. The highest BCUT2D eigenvalue weighted by Gasteiger charge is 2.59. The number of hydrazine groups is 1. The second kappa shape index (κ2) is 19.2. The number of nitrogens with zero attached hydrogens (tertiary/aromatic N) is 4. The number of rotatable bonds is 11. The standard InChI is InChI=1S/C43H66N6O10/c1-12-33-43(8)36(49(41(54)59-43)45-19-16-20-48-23-31(44-24-48)30-17-14-13-15-18-30)29(6)46-38(52)25(2)22-42(7,55-11)37(27(4)34(50)28(5)39(53)57-33)58-40-35(51)32(47(9)10)21-26(3)56-40/h13-15,17-18,23-29,32-33,35-37,40,45,51H,12,16,19-22H2,1-11H3,(H,46,52)/t25-,26-,27-,28-,29?,32+,33+,35-,36-,37-,40+,42+,43-/m1/s1. The minimum Gasteiger partial charge on any atom is -0.457 e. The van der Waals surface area contributed by atoms with Crippen molar-refractivity contribution >= 4 is 23.8 Å². The Morgan fingerprint density at radius 2 is 1.76 bits per heavy atom. The van der Waals surface area contributed by atoms with Crippen LogP contribution < -0.4 is 10.7 Å². The van der Waals surface area contributed by atoms with Crippen molar-refractivity contribution in [2.75, 3.05) is 27.7 Å². The van der Waals surface area contributed by atoms with Gasteiger partial charge in [-0.3, -0.25) is 14.4 Å². The summed E-state index contributed by atoms with van der Waals surface area (Å²) in [6, 6.07) is 8.06. The Morgan fingerprint density at radius 3 is 2.41 bits per heavy atom. The number of benzene rings is 1. The number of ether oxygens (including phenoxy) is 5. The number of likely N-dealkylation sites (N-methyl/N-ethyl adjacent to an activating group) is 1. The van der Waals surface area contributed by atoms with Crippen LogP contribution in [-0.2, 0) is 44.6 Å². The molecule has 59 heavy (non-hydrogen) atoms. The maximum atomic E-state index is 14.4. The summed E-state index contributed by atoms with van der Waals surface area (Å²) in [5.41, 5.74) is 2.38. The molecule has 2 amide bonds. The molecule has 0 radical (unpaired) electrons. The molecule has 1 aromatic heterocycles. The van der Waals surface area contributed by atoms with Gasteiger partial charge < -0.3 is 43.6 Å². The van der Waals surface area contributed by atoms with E-state index in [2.05, 4.69) is 15.7 Å². The number of aliphatic hydroxyl groups is 1. The van der Waals surface area contributed by atoms with E-state index >= 15 is 0 Å². The highest BCUT2D eigenvalue weighted by atomic mass is 16.7. The number of aliphatic hydroxyl groups excluding tert-OH is 1. The van der Waals surface area contributed by atoms with E-state index in [1.165, 1.54) is 19.0 Å². The molecule has 0 saturated carbocycles. The third-order valence-corrected chi connectivity index (χ3v) is 12.5. The predicted molar refractivity (Wildman–Crippen MR) is 218 cm³/mol. The quantitative estimate of drug-likeness (QED) is 0.169. The number of cyclic esters (lactones) is 1. The maximum absolute atomic E-state index is 14.4. The normalized spacial score (nSPS) is 36.4. The SMILES string of the molecule is CC[C@@H]1OC(=O)[C@H](C)C(=O)[C@@H](C)[C@@H](O[C@@H]2O[C@H](C)C[C@H](N(C)C)[C@H]2O)[C@@](C)(OC)C[C@@H](C)C(=O)NC(C)[C@H]2N(NCCCn3cnc(-c4ccccc4)c3)C(=O)O[C@]12C. The van der Waals surface area contributed by atoms with Gasteiger partial charge in [-0.15, -0.1) is 0 Å². The van der Waals surface area contributed by atoms with Crippen LogP contribution in [0, 0.1) is 17.8 Å². The zero-order valence-corrected chi connectivity index (χ0v) is 36.5. The van der Waals surface area contributed by atoms with E-state index in [1.54, 1.807) is 47.9 Å². The van der Waals surface area contributed by atoms with Crippen molar-refractivity contribution in [3.63, 3.8) is 0 Å². The molecular weight excluding hydrogens is 761 g/mol. The number of esters is 1. The van der Waals surface area contributed by atoms with Gasteiger partial charge in [0, 0.05) is 49.8 Å². The van der Waals surface area contributed by atoms with Crippen molar-refractivity contribution in [3.05, 3.63) is 42.9 Å². The average molecular weight is 827 g/mol. The second-order valence-corrected chi connectivity index (χ2v) is 17.3. The van der Waals surface area contributed by atoms with Crippen LogP contribution in [0.15, 0.2) is 42.9 Å². The summed E-state index contributed by atoms with van der Waals surface area (Å²) >= 11 is 0. The minimum atomic E-state index is -1.44. The Labute approximate surface area is 348 Å². The Kier molecular flexibility index (Phi) is 15.0. The molecule has 0 bridgehead atoms. The molecule has 3 saturated heterocycles. The zero-order chi connectivity index (χ0) is 43.4. The number of fused-ring (bicyclic) bond motifs is 1. The largest absolute Gasteiger partial charge is 0.457 e. The van der Waals surface area contributed by atoms with Crippen molar-refractivity contribution in [1.82, 2.24) is 30.2 Å². The van der Waals surface area contributed by atoms with Crippen LogP contribution in [0.2, 0.25) is 0 Å². The molecule has 13 atom stereocenters. The second-order valence-electron chi connectivity index (χ2n) is 17.3. The van der Waals surface area contributed by atoms with E-state index in [0.29, 0.717) is 25.9 Å². The van der Waals surface area contributed by atoms with Crippen LogP contribution in [0.25, 0.3) is 11.3 Å². The number of imidazole rings is 1. The van der Waals surface area contributed by atoms with Crippen molar-refractivity contribution in [3.8, 4) is 11.3 Å². The Bertz CT molecular complexity index is 1760. The van der Waals surface area contributed by atoms with Gasteiger partial charge >= 0.3 is 12.1 Å². The fraction of sp³-hybridized carbons (Fsp3) is 0.698. The molecule has 16 nitrogen and oxygen atoms in total. The van der Waals surface area contributed by atoms with E-state index in [9.17, 15) is 24.3 Å². The highest BCUT2D eigenvalue weighted by Crippen LogP contribution is 2.39. The van der Waals surface area contributed by atoms with E-state index in [0.717, 1.165) is 11.3 Å². The topological polar surface area (TPSA) is 183 Å². The van der Waals surface area contributed by atoms with Crippen LogP contribution in [0.5, 0.6) is 0 Å². The number of aryl methyl sites for hydroxylation is 1. The third-order valence-electron chi connectivity index (χ3n) is 12.5. The first kappa shape index (κ1) is 46.1. The summed E-state index contributed by atoms with van der Waals surface area (Å²) in [5.74, 6) is -4.53. The lowest BCUT2D eigenvalue weighted by Crippen LogP contribution is -2.63. The monoisotopic (exact) mass is 826 g/mol. The number of amides is 2. The number of carbonyl (C=O) groups is 4. The summed E-state index contributed by atoms with van der Waals surface area (Å²) in [6.45, 7) is 14.8. The highest BCUT2D eigenvalue weighted by molar-refractivity contribution is 6.00. The Morgan fingerprint density at radius 1 is 1.07 bits per heavy atom. The number of nitrogens with one attached hydrogen (secondary N) is 2. The number of hydrogen-bond donors (Lipinski definition) is 3. The van der Waals surface area contributed by atoms with Gasteiger partial charge in [0.15, 0.2) is 17.7 Å². The van der Waals surface area contributed by atoms with Crippen molar-refractivity contribution in [1.29, 1.82) is 0 Å². The van der Waals surface area contributed by atoms with E-state index in [4.69, 9.17) is 23.7 Å². The van der Waals surface area contributed by atoms with Crippen LogP contribution in [0.4, 0.5) is 4.79 Å². The fourth-order valence-corrected chi connectivity index (χ4v) is 9.07. The third kappa shape index (κ3) is 10.0. The molecule has 328 valence electrons. The number of carbonyl (C=O) groups excluding carboxylic acids is 4. The number of methoxy groups -OCH3 is 1. The predicted octanol–water partition coefficient (Wildman–Crippen LogP) is 3.95. The first-order valence-electron chi connectivity index (χ1n) is 20.9. The molecule has 3 N–H and O–H groups in total. The summed E-state index contributed by atoms with van der Waals surface area (Å²) in [6.07, 6.45) is 0.0756. The molecule has 16 heteroatoms. The molecule has 3 aliphatic heterocycles. The lowest BCUT2D eigenvalue weighted by atomic mass is 9.78. The van der Waals surface area contributed by atoms with Gasteiger partial charge in [0.1, 0.15) is 24.2 Å². The van der Waals surface area contributed by atoms with Crippen molar-refractivity contribution in [2.45, 2.75) is 148 Å². The lowest BCUT2D eigenvalue weighted by Gasteiger charge is -2.46. The molecular formula is C43H66N6O10. The molecule has 5 rings (SSSR count). The van der Waals surface area contributed by atoms with E-state index in [1.807, 2.05) is 67.0 Å². The fourth-order valence-electron chi connectivity index (χ4n) is 9.07. The first-order valence-corrected chi connectivity index (χ1v) is 20.9. The number of hydrogen-bond acceptors (Lipinski definition) is 13.